The second-order valence-corrected chi connectivity index (χ2v) is 9.06. The number of methoxy groups -OCH3 is 1. The molecule has 2 atom stereocenters. The summed E-state index contributed by atoms with van der Waals surface area (Å²) in [6.07, 6.45) is 2.79. The minimum absolute atomic E-state index is 0.107. The molecule has 0 aromatic heterocycles. The van der Waals surface area contributed by atoms with Gasteiger partial charge in [-0.2, -0.15) is 0 Å². The van der Waals surface area contributed by atoms with Gasteiger partial charge in [-0.05, 0) is 57.9 Å². The number of hydrogen-bond donors (Lipinski definition) is 2. The molecule has 170 valence electrons. The van der Waals surface area contributed by atoms with Crippen molar-refractivity contribution in [3.05, 3.63) is 64.7 Å². The van der Waals surface area contributed by atoms with Gasteiger partial charge in [0.05, 0.1) is 13.0 Å². The van der Waals surface area contributed by atoms with E-state index in [1.807, 2.05) is 55.1 Å². The van der Waals surface area contributed by atoms with Crippen LogP contribution in [-0.2, 0) is 11.3 Å². The predicted molar refractivity (Wildman–Crippen MR) is 125 cm³/mol. The van der Waals surface area contributed by atoms with Gasteiger partial charge in [0.15, 0.2) is 0 Å². The van der Waals surface area contributed by atoms with E-state index in [4.69, 9.17) is 4.74 Å². The molecule has 1 saturated carbocycles. The Labute approximate surface area is 190 Å². The van der Waals surface area contributed by atoms with Gasteiger partial charge in [0.2, 0.25) is 5.91 Å². The van der Waals surface area contributed by atoms with Gasteiger partial charge >= 0.3 is 0 Å². The number of benzene rings is 2. The van der Waals surface area contributed by atoms with E-state index in [0.29, 0.717) is 18.7 Å². The second kappa shape index (κ2) is 9.74. The van der Waals surface area contributed by atoms with Gasteiger partial charge in [0, 0.05) is 36.3 Å². The van der Waals surface area contributed by atoms with Crippen molar-refractivity contribution in [2.24, 2.45) is 5.92 Å². The number of piperidine rings is 1. The first-order valence-electron chi connectivity index (χ1n) is 11.5. The predicted octanol–water partition coefficient (Wildman–Crippen LogP) is 3.21. The summed E-state index contributed by atoms with van der Waals surface area (Å²) in [4.78, 5) is 28.7. The first-order valence-corrected chi connectivity index (χ1v) is 11.5. The number of para-hydroxylation sites is 1. The molecule has 2 aliphatic rings. The lowest BCUT2D eigenvalue weighted by molar-refractivity contribution is -0.138. The van der Waals surface area contributed by atoms with Gasteiger partial charge in [-0.3, -0.25) is 9.59 Å². The van der Waals surface area contributed by atoms with Crippen molar-refractivity contribution in [2.75, 3.05) is 20.2 Å². The second-order valence-electron chi connectivity index (χ2n) is 9.06. The molecule has 32 heavy (non-hydrogen) atoms. The van der Waals surface area contributed by atoms with Gasteiger partial charge in [-0.15, -0.1) is 0 Å². The minimum atomic E-state index is -0.283. The zero-order valence-corrected chi connectivity index (χ0v) is 19.2. The molecular formula is C26H33N3O3. The maximum Gasteiger partial charge on any atom is 0.251 e. The Balaban J connectivity index is 1.51. The first-order chi connectivity index (χ1) is 15.5. The lowest BCUT2D eigenvalue weighted by Gasteiger charge is -2.36. The summed E-state index contributed by atoms with van der Waals surface area (Å²) in [6.45, 7) is 5.88. The minimum Gasteiger partial charge on any atom is -0.496 e. The van der Waals surface area contributed by atoms with E-state index >= 15 is 0 Å². The summed E-state index contributed by atoms with van der Waals surface area (Å²) < 4.78 is 5.51. The Morgan fingerprint density at radius 3 is 2.50 bits per heavy atom. The molecule has 6 heteroatoms. The van der Waals surface area contributed by atoms with E-state index in [1.165, 1.54) is 0 Å². The van der Waals surface area contributed by atoms with E-state index in [0.717, 1.165) is 48.2 Å². The smallest absolute Gasteiger partial charge is 0.251 e. The number of nitrogens with zero attached hydrogens (tertiary/aromatic N) is 1. The van der Waals surface area contributed by atoms with Crippen LogP contribution in [0, 0.1) is 19.8 Å². The maximum absolute atomic E-state index is 13.7. The fourth-order valence-electron chi connectivity index (χ4n) is 4.65. The molecule has 0 spiro atoms. The molecule has 4 rings (SSSR count). The summed E-state index contributed by atoms with van der Waals surface area (Å²) in [6, 6.07) is 13.8. The molecule has 6 nitrogen and oxygen atoms in total. The maximum atomic E-state index is 13.7. The van der Waals surface area contributed by atoms with Crippen LogP contribution in [0.25, 0.3) is 0 Å². The molecule has 0 radical (unpaired) electrons. The highest BCUT2D eigenvalue weighted by molar-refractivity contribution is 5.95. The number of amides is 2. The molecule has 2 fully saturated rings. The third-order valence-electron chi connectivity index (χ3n) is 6.40. The van der Waals surface area contributed by atoms with Crippen molar-refractivity contribution < 1.29 is 14.3 Å². The summed E-state index contributed by atoms with van der Waals surface area (Å²) >= 11 is 0. The molecule has 2 unspecified atom stereocenters. The Hall–Kier alpha value is -2.86. The Morgan fingerprint density at radius 2 is 1.81 bits per heavy atom. The summed E-state index contributed by atoms with van der Waals surface area (Å²) in [5, 5.41) is 6.52. The third kappa shape index (κ3) is 5.13. The number of aryl methyl sites for hydroxylation is 2. The highest BCUT2D eigenvalue weighted by Crippen LogP contribution is 2.32. The third-order valence-corrected chi connectivity index (χ3v) is 6.40. The van der Waals surface area contributed by atoms with Crippen LogP contribution in [0.2, 0.25) is 0 Å². The van der Waals surface area contributed by atoms with Crippen LogP contribution >= 0.6 is 0 Å². The fourth-order valence-corrected chi connectivity index (χ4v) is 4.65. The molecule has 0 bridgehead atoms. The average Bonchev–Trinajstić information content (AvgIpc) is 3.62. The SMILES string of the molecule is COc1ccccc1CN(C(=O)C1CNCCC1NC(=O)c1cc(C)cc(C)c1)C1CC1. The largest absolute Gasteiger partial charge is 0.496 e. The molecule has 1 heterocycles. The van der Waals surface area contributed by atoms with Crippen LogP contribution in [-0.4, -0.2) is 49.0 Å². The van der Waals surface area contributed by atoms with E-state index in [-0.39, 0.29) is 29.8 Å². The molecule has 2 aromatic rings. The molecule has 2 amide bonds. The van der Waals surface area contributed by atoms with Crippen LogP contribution in [0.4, 0.5) is 0 Å². The monoisotopic (exact) mass is 435 g/mol. The van der Waals surface area contributed by atoms with Crippen LogP contribution in [0.3, 0.4) is 0 Å². The van der Waals surface area contributed by atoms with Crippen LogP contribution in [0.15, 0.2) is 42.5 Å². The van der Waals surface area contributed by atoms with Crippen LogP contribution < -0.4 is 15.4 Å². The number of rotatable bonds is 7. The molecule has 1 saturated heterocycles. The zero-order valence-electron chi connectivity index (χ0n) is 19.2. The lowest BCUT2D eigenvalue weighted by Crippen LogP contribution is -2.55. The van der Waals surface area contributed by atoms with Crippen molar-refractivity contribution in [2.45, 2.75) is 51.7 Å². The number of hydrogen-bond acceptors (Lipinski definition) is 4. The van der Waals surface area contributed by atoms with E-state index in [2.05, 4.69) is 16.7 Å². The van der Waals surface area contributed by atoms with Crippen LogP contribution in [0.5, 0.6) is 5.75 Å². The van der Waals surface area contributed by atoms with Gasteiger partial charge in [-0.25, -0.2) is 0 Å². The molecular weight excluding hydrogens is 402 g/mol. The van der Waals surface area contributed by atoms with Gasteiger partial charge in [0.25, 0.3) is 5.91 Å². The standard InChI is InChI=1S/C26H33N3O3/c1-17-12-18(2)14-20(13-17)25(30)28-23-10-11-27-15-22(23)26(31)29(21-8-9-21)16-19-6-4-5-7-24(19)32-3/h4-7,12-14,21-23,27H,8-11,15-16H2,1-3H3,(H,28,30). The quantitative estimate of drug-likeness (QED) is 0.701. The first kappa shape index (κ1) is 22.3. The average molecular weight is 436 g/mol. The van der Waals surface area contributed by atoms with Crippen molar-refractivity contribution >= 4 is 11.8 Å². The lowest BCUT2D eigenvalue weighted by atomic mass is 9.91. The zero-order chi connectivity index (χ0) is 22.7. The number of carbonyl (C=O) groups excluding carboxylic acids is 2. The number of ether oxygens (including phenoxy) is 1. The fraction of sp³-hybridized carbons (Fsp3) is 0.462. The Kier molecular flexibility index (Phi) is 6.80. The summed E-state index contributed by atoms with van der Waals surface area (Å²) in [7, 11) is 1.66. The Bertz CT molecular complexity index is 966. The van der Waals surface area contributed by atoms with Crippen molar-refractivity contribution in [1.29, 1.82) is 0 Å². The molecule has 2 aromatic carbocycles. The number of carbonyl (C=O) groups is 2. The molecule has 2 N–H and O–H groups in total. The van der Waals surface area contributed by atoms with E-state index in [9.17, 15) is 9.59 Å². The van der Waals surface area contributed by atoms with Crippen molar-refractivity contribution in [1.82, 2.24) is 15.5 Å². The van der Waals surface area contributed by atoms with Gasteiger partial charge < -0.3 is 20.3 Å². The number of nitrogens with one attached hydrogen (secondary N) is 2. The van der Waals surface area contributed by atoms with E-state index in [1.54, 1.807) is 7.11 Å². The van der Waals surface area contributed by atoms with Gasteiger partial charge in [-0.1, -0.05) is 35.4 Å². The van der Waals surface area contributed by atoms with E-state index < -0.39 is 0 Å². The van der Waals surface area contributed by atoms with Crippen molar-refractivity contribution in [3.8, 4) is 5.75 Å². The van der Waals surface area contributed by atoms with Gasteiger partial charge in [0.1, 0.15) is 5.75 Å². The normalized spacial score (nSPS) is 20.5. The topological polar surface area (TPSA) is 70.7 Å². The molecule has 1 aliphatic heterocycles. The van der Waals surface area contributed by atoms with Crippen LogP contribution in [0.1, 0.15) is 46.3 Å². The summed E-state index contributed by atoms with van der Waals surface area (Å²) in [5.74, 6) is 0.516. The molecule has 1 aliphatic carbocycles. The summed E-state index contributed by atoms with van der Waals surface area (Å²) in [5.41, 5.74) is 3.78. The van der Waals surface area contributed by atoms with Crippen molar-refractivity contribution in [3.63, 3.8) is 0 Å². The highest BCUT2D eigenvalue weighted by atomic mass is 16.5. The highest BCUT2D eigenvalue weighted by Gasteiger charge is 2.40. The Morgan fingerprint density at radius 1 is 1.09 bits per heavy atom.